The lowest BCUT2D eigenvalue weighted by molar-refractivity contribution is 0.206. The molecule has 2 rings (SSSR count). The van der Waals surface area contributed by atoms with Gasteiger partial charge in [0.1, 0.15) is 5.75 Å². The van der Waals surface area contributed by atoms with Crippen LogP contribution in [0.15, 0.2) is 24.3 Å². The first-order valence-corrected chi connectivity index (χ1v) is 7.97. The van der Waals surface area contributed by atoms with E-state index in [1.54, 1.807) is 0 Å². The van der Waals surface area contributed by atoms with Gasteiger partial charge in [-0.3, -0.25) is 11.3 Å². The molecule has 0 aliphatic heterocycles. The molecule has 3 unspecified atom stereocenters. The Hall–Kier alpha value is -1.06. The molecule has 1 aliphatic rings. The third-order valence-electron chi connectivity index (χ3n) is 4.61. The normalized spacial score (nSPS) is 24.4. The van der Waals surface area contributed by atoms with Crippen molar-refractivity contribution in [2.24, 2.45) is 17.7 Å². The quantitative estimate of drug-likeness (QED) is 0.613. The molecule has 20 heavy (non-hydrogen) atoms. The monoisotopic (exact) mass is 276 g/mol. The lowest BCUT2D eigenvalue weighted by Gasteiger charge is -2.34. The molecule has 1 saturated carbocycles. The first-order chi connectivity index (χ1) is 9.80. The molecule has 1 aliphatic carbocycles. The van der Waals surface area contributed by atoms with Crippen molar-refractivity contribution in [3.8, 4) is 5.75 Å². The molecule has 0 bridgehead atoms. The molecule has 112 valence electrons. The van der Waals surface area contributed by atoms with Gasteiger partial charge >= 0.3 is 0 Å². The van der Waals surface area contributed by atoms with Crippen LogP contribution in [-0.4, -0.2) is 6.61 Å². The number of rotatable bonds is 6. The smallest absolute Gasteiger partial charge is 0.124 e. The Morgan fingerprint density at radius 2 is 2.10 bits per heavy atom. The predicted molar refractivity (Wildman–Crippen MR) is 83.4 cm³/mol. The van der Waals surface area contributed by atoms with Crippen molar-refractivity contribution in [1.29, 1.82) is 0 Å². The molecule has 1 fully saturated rings. The maximum atomic E-state index is 5.88. The van der Waals surface area contributed by atoms with E-state index in [4.69, 9.17) is 10.6 Å². The Morgan fingerprint density at radius 1 is 1.30 bits per heavy atom. The minimum Gasteiger partial charge on any atom is -0.494 e. The van der Waals surface area contributed by atoms with Gasteiger partial charge in [0.15, 0.2) is 0 Å². The Morgan fingerprint density at radius 3 is 2.80 bits per heavy atom. The number of ether oxygens (including phenoxy) is 1. The topological polar surface area (TPSA) is 47.3 Å². The van der Waals surface area contributed by atoms with Gasteiger partial charge in [0.25, 0.3) is 0 Å². The maximum Gasteiger partial charge on any atom is 0.124 e. The fraction of sp³-hybridized carbons (Fsp3) is 0.647. The number of nitrogens with two attached hydrogens (primary N) is 1. The molecule has 3 atom stereocenters. The molecule has 0 amide bonds. The molecule has 3 heteroatoms. The molecule has 0 aromatic heterocycles. The molecule has 0 heterocycles. The van der Waals surface area contributed by atoms with E-state index in [1.165, 1.54) is 37.7 Å². The zero-order chi connectivity index (χ0) is 14.4. The Bertz CT molecular complexity index is 408. The van der Waals surface area contributed by atoms with Crippen LogP contribution in [0.1, 0.15) is 57.6 Å². The lowest BCUT2D eigenvalue weighted by atomic mass is 9.75. The van der Waals surface area contributed by atoms with Crippen molar-refractivity contribution >= 4 is 0 Å². The van der Waals surface area contributed by atoms with Crippen LogP contribution in [0.5, 0.6) is 5.75 Å². The van der Waals surface area contributed by atoms with Crippen molar-refractivity contribution in [3.63, 3.8) is 0 Å². The first-order valence-electron chi connectivity index (χ1n) is 7.97. The van der Waals surface area contributed by atoms with Crippen molar-refractivity contribution in [2.75, 3.05) is 6.61 Å². The highest BCUT2D eigenvalue weighted by Crippen LogP contribution is 2.40. The van der Waals surface area contributed by atoms with Gasteiger partial charge in [0.05, 0.1) is 12.6 Å². The highest BCUT2D eigenvalue weighted by molar-refractivity contribution is 5.36. The molecule has 0 radical (unpaired) electrons. The lowest BCUT2D eigenvalue weighted by Crippen LogP contribution is -2.36. The van der Waals surface area contributed by atoms with E-state index in [0.717, 1.165) is 11.7 Å². The summed E-state index contributed by atoms with van der Waals surface area (Å²) in [5.74, 6) is 8.31. The fourth-order valence-electron chi connectivity index (χ4n) is 3.51. The van der Waals surface area contributed by atoms with Gasteiger partial charge in [-0.1, -0.05) is 44.4 Å². The summed E-state index contributed by atoms with van der Waals surface area (Å²) in [6, 6.07) is 8.49. The van der Waals surface area contributed by atoms with Gasteiger partial charge < -0.3 is 4.74 Å². The maximum absolute atomic E-state index is 5.88. The second kappa shape index (κ2) is 7.65. The summed E-state index contributed by atoms with van der Waals surface area (Å²) in [6.45, 7) is 5.01. The zero-order valence-corrected chi connectivity index (χ0v) is 12.8. The molecular weight excluding hydrogens is 248 g/mol. The number of benzene rings is 1. The summed E-state index contributed by atoms with van der Waals surface area (Å²) in [7, 11) is 0. The summed E-state index contributed by atoms with van der Waals surface area (Å²) < 4.78 is 5.77. The molecular formula is C17H28N2O. The highest BCUT2D eigenvalue weighted by Gasteiger charge is 2.29. The SMILES string of the molecule is CCOc1ccccc1C(NN)C1CCCC(CC)C1. The second-order valence-electron chi connectivity index (χ2n) is 5.82. The molecule has 3 nitrogen and oxygen atoms in total. The minimum atomic E-state index is 0.201. The summed E-state index contributed by atoms with van der Waals surface area (Å²) >= 11 is 0. The van der Waals surface area contributed by atoms with E-state index in [-0.39, 0.29) is 6.04 Å². The number of hydrazine groups is 1. The Balaban J connectivity index is 2.18. The number of para-hydroxylation sites is 1. The largest absolute Gasteiger partial charge is 0.494 e. The summed E-state index contributed by atoms with van der Waals surface area (Å²) in [5, 5.41) is 0. The minimum absolute atomic E-state index is 0.201. The van der Waals surface area contributed by atoms with Crippen LogP contribution in [0.2, 0.25) is 0 Å². The van der Waals surface area contributed by atoms with Gasteiger partial charge in [-0.05, 0) is 37.7 Å². The standard InChI is InChI=1S/C17H28N2O/c1-3-13-8-7-9-14(12-13)17(19-18)15-10-5-6-11-16(15)20-4-2/h5-6,10-11,13-14,17,19H,3-4,7-9,12,18H2,1-2H3. The van der Waals surface area contributed by atoms with Crippen molar-refractivity contribution in [2.45, 2.75) is 52.0 Å². The first kappa shape index (κ1) is 15.3. The van der Waals surface area contributed by atoms with Crippen LogP contribution >= 0.6 is 0 Å². The van der Waals surface area contributed by atoms with Crippen LogP contribution in [0.4, 0.5) is 0 Å². The third kappa shape index (κ3) is 3.53. The van der Waals surface area contributed by atoms with Crippen molar-refractivity contribution in [1.82, 2.24) is 5.43 Å². The van der Waals surface area contributed by atoms with E-state index in [1.807, 2.05) is 19.1 Å². The van der Waals surface area contributed by atoms with Crippen molar-refractivity contribution < 1.29 is 4.74 Å². The third-order valence-corrected chi connectivity index (χ3v) is 4.61. The van der Waals surface area contributed by atoms with Crippen LogP contribution in [0.25, 0.3) is 0 Å². The summed E-state index contributed by atoms with van der Waals surface area (Å²) in [4.78, 5) is 0. The fourth-order valence-corrected chi connectivity index (χ4v) is 3.51. The zero-order valence-electron chi connectivity index (χ0n) is 12.8. The summed E-state index contributed by atoms with van der Waals surface area (Å²) in [5.41, 5.74) is 4.26. The van der Waals surface area contributed by atoms with Crippen LogP contribution < -0.4 is 16.0 Å². The Labute approximate surface area is 122 Å². The molecule has 1 aromatic rings. The molecule has 0 spiro atoms. The van der Waals surface area contributed by atoms with E-state index in [0.29, 0.717) is 12.5 Å². The van der Waals surface area contributed by atoms with Crippen LogP contribution in [-0.2, 0) is 0 Å². The van der Waals surface area contributed by atoms with E-state index < -0.39 is 0 Å². The second-order valence-corrected chi connectivity index (χ2v) is 5.82. The average molecular weight is 276 g/mol. The number of nitrogens with one attached hydrogen (secondary N) is 1. The highest BCUT2D eigenvalue weighted by atomic mass is 16.5. The van der Waals surface area contributed by atoms with Gasteiger partial charge in [-0.25, -0.2) is 0 Å². The average Bonchev–Trinajstić information content (AvgIpc) is 2.50. The van der Waals surface area contributed by atoms with Crippen LogP contribution in [0.3, 0.4) is 0 Å². The predicted octanol–water partition coefficient (Wildman–Crippen LogP) is 3.81. The van der Waals surface area contributed by atoms with Gasteiger partial charge in [-0.15, -0.1) is 0 Å². The van der Waals surface area contributed by atoms with Gasteiger partial charge in [0.2, 0.25) is 0 Å². The molecule has 3 N–H and O–H groups in total. The number of hydrogen-bond donors (Lipinski definition) is 2. The van der Waals surface area contributed by atoms with E-state index >= 15 is 0 Å². The number of hydrogen-bond acceptors (Lipinski definition) is 3. The van der Waals surface area contributed by atoms with Crippen molar-refractivity contribution in [3.05, 3.63) is 29.8 Å². The molecule has 1 aromatic carbocycles. The van der Waals surface area contributed by atoms with Gasteiger partial charge in [0, 0.05) is 5.56 Å². The summed E-state index contributed by atoms with van der Waals surface area (Å²) in [6.07, 6.45) is 6.49. The van der Waals surface area contributed by atoms with Crippen LogP contribution in [0, 0.1) is 11.8 Å². The van der Waals surface area contributed by atoms with Gasteiger partial charge in [-0.2, -0.15) is 0 Å². The van der Waals surface area contributed by atoms with E-state index in [9.17, 15) is 0 Å². The molecule has 0 saturated heterocycles. The Kier molecular flexibility index (Phi) is 5.86. The van der Waals surface area contributed by atoms with E-state index in [2.05, 4.69) is 24.5 Å².